The van der Waals surface area contributed by atoms with Gasteiger partial charge in [-0.1, -0.05) is 78.0 Å². The fraction of sp³-hybridized carbons (Fsp3) is 0.457. The Morgan fingerprint density at radius 1 is 0.915 bits per heavy atom. The first kappa shape index (κ1) is 33.4. The van der Waals surface area contributed by atoms with E-state index in [1.807, 2.05) is 60.7 Å². The largest absolute Gasteiger partial charge is 0.489 e. The summed E-state index contributed by atoms with van der Waals surface area (Å²) in [5.74, 6) is 0.471. The van der Waals surface area contributed by atoms with Crippen molar-refractivity contribution < 1.29 is 42.1 Å². The Bertz CT molecular complexity index is 1540. The van der Waals surface area contributed by atoms with E-state index in [2.05, 4.69) is 5.32 Å². The van der Waals surface area contributed by atoms with Crippen molar-refractivity contribution in [2.24, 2.45) is 5.92 Å². The smallest absolute Gasteiger partial charge is 0.407 e. The van der Waals surface area contributed by atoms with Crippen molar-refractivity contribution in [1.82, 2.24) is 9.79 Å². The van der Waals surface area contributed by atoms with Crippen molar-refractivity contribution in [1.29, 1.82) is 0 Å². The molecule has 3 aromatic carbocycles. The number of fused-ring (bicyclic) bond motifs is 1. The quantitative estimate of drug-likeness (QED) is 0.237. The SMILES string of the molecule is O=C(N[C@@H](Cc1ccccc1)[C@@H](O)CN(OC1CCCC1)S(=O)(=O)c1ccc(OCc2ccccc2)cc1)OC1CO[C@H]2OCC[C@@H]12. The van der Waals surface area contributed by atoms with Crippen LogP contribution in [-0.4, -0.2) is 74.5 Å². The van der Waals surface area contributed by atoms with Gasteiger partial charge in [-0.15, -0.1) is 0 Å². The van der Waals surface area contributed by atoms with Gasteiger partial charge in [-0.05, 0) is 61.1 Å². The van der Waals surface area contributed by atoms with E-state index < -0.39 is 40.9 Å². The van der Waals surface area contributed by atoms with E-state index in [9.17, 15) is 18.3 Å². The molecule has 2 N–H and O–H groups in total. The lowest BCUT2D eigenvalue weighted by Crippen LogP contribution is -2.51. The van der Waals surface area contributed by atoms with Crippen LogP contribution >= 0.6 is 0 Å². The second kappa shape index (κ2) is 15.6. The maximum Gasteiger partial charge on any atom is 0.407 e. The predicted molar refractivity (Wildman–Crippen MR) is 172 cm³/mol. The molecule has 2 aliphatic heterocycles. The number of carbonyl (C=O) groups excluding carboxylic acids is 1. The van der Waals surface area contributed by atoms with E-state index in [0.717, 1.165) is 34.9 Å². The summed E-state index contributed by atoms with van der Waals surface area (Å²) in [6.45, 7) is 0.706. The summed E-state index contributed by atoms with van der Waals surface area (Å²) in [5, 5.41) is 14.4. The van der Waals surface area contributed by atoms with Crippen LogP contribution in [0.5, 0.6) is 5.75 Å². The second-order valence-corrected chi connectivity index (χ2v) is 14.1. The molecule has 6 rings (SSSR count). The standard InChI is InChI=1S/C35H42N2O9S/c38-32(31(21-25-9-3-1-4-10-25)36-35(39)45-33-24-44-34-30(33)19-20-42-34)22-37(46-28-13-7-8-14-28)47(40,41)29-17-15-27(16-18-29)43-23-26-11-5-2-6-12-26/h1-6,9-12,15-18,28,30-34,38H,7-8,13-14,19-24H2,(H,36,39)/t30-,31-,32-,33?,34+/m0/s1. The summed E-state index contributed by atoms with van der Waals surface area (Å²) in [6, 6.07) is 24.3. The molecule has 1 saturated carbocycles. The molecule has 0 spiro atoms. The maximum atomic E-state index is 14.0. The Morgan fingerprint density at radius 3 is 2.30 bits per heavy atom. The molecule has 11 nitrogen and oxygen atoms in total. The first-order chi connectivity index (χ1) is 22.8. The number of hydroxylamine groups is 1. The third-order valence-electron chi connectivity index (χ3n) is 8.85. The van der Waals surface area contributed by atoms with Gasteiger partial charge in [-0.2, -0.15) is 0 Å². The summed E-state index contributed by atoms with van der Waals surface area (Å²) in [4.78, 5) is 19.2. The van der Waals surface area contributed by atoms with Gasteiger partial charge in [-0.25, -0.2) is 13.2 Å². The van der Waals surface area contributed by atoms with E-state index in [-0.39, 0.29) is 36.2 Å². The van der Waals surface area contributed by atoms with Gasteiger partial charge in [0.2, 0.25) is 0 Å². The third-order valence-corrected chi connectivity index (χ3v) is 10.5. The van der Waals surface area contributed by atoms with Gasteiger partial charge in [0, 0.05) is 0 Å². The molecular weight excluding hydrogens is 624 g/mol. The first-order valence-electron chi connectivity index (χ1n) is 16.2. The highest BCUT2D eigenvalue weighted by atomic mass is 32.2. The number of rotatable bonds is 14. The van der Waals surface area contributed by atoms with Gasteiger partial charge in [0.15, 0.2) is 6.29 Å². The molecule has 0 radical (unpaired) electrons. The molecule has 12 heteroatoms. The molecule has 3 fully saturated rings. The van der Waals surface area contributed by atoms with Crippen LogP contribution in [0.1, 0.15) is 43.2 Å². The van der Waals surface area contributed by atoms with Gasteiger partial charge in [0.1, 0.15) is 18.5 Å². The van der Waals surface area contributed by atoms with E-state index in [1.165, 1.54) is 12.1 Å². The highest BCUT2D eigenvalue weighted by molar-refractivity contribution is 7.89. The summed E-state index contributed by atoms with van der Waals surface area (Å²) in [6.07, 6.45) is 1.02. The number of sulfonamides is 1. The van der Waals surface area contributed by atoms with Crippen molar-refractivity contribution in [3.05, 3.63) is 96.1 Å². The number of benzene rings is 3. The van der Waals surface area contributed by atoms with E-state index in [1.54, 1.807) is 12.1 Å². The Balaban J connectivity index is 1.17. The average molecular weight is 667 g/mol. The molecule has 0 aromatic heterocycles. The van der Waals surface area contributed by atoms with Gasteiger partial charge in [0.05, 0.1) is 48.8 Å². The lowest BCUT2D eigenvalue weighted by molar-refractivity contribution is -0.145. The molecule has 3 aliphatic rings. The zero-order valence-corrected chi connectivity index (χ0v) is 27.0. The lowest BCUT2D eigenvalue weighted by Gasteiger charge is -2.31. The van der Waals surface area contributed by atoms with Gasteiger partial charge < -0.3 is 29.4 Å². The van der Waals surface area contributed by atoms with Crippen LogP contribution in [0.3, 0.4) is 0 Å². The molecule has 2 heterocycles. The number of ether oxygens (including phenoxy) is 4. The zero-order chi connectivity index (χ0) is 32.6. The number of carbonyl (C=O) groups is 1. The van der Waals surface area contributed by atoms with E-state index in [4.69, 9.17) is 23.8 Å². The third kappa shape index (κ3) is 8.69. The summed E-state index contributed by atoms with van der Waals surface area (Å²) in [5.41, 5.74) is 1.84. The van der Waals surface area contributed by atoms with Crippen LogP contribution in [0, 0.1) is 5.92 Å². The minimum absolute atomic E-state index is 0.00342. The van der Waals surface area contributed by atoms with Crippen LogP contribution < -0.4 is 10.1 Å². The van der Waals surface area contributed by atoms with Crippen LogP contribution in [0.25, 0.3) is 0 Å². The Kier molecular flexibility index (Phi) is 11.1. The Hall–Kier alpha value is -3.52. The van der Waals surface area contributed by atoms with Crippen LogP contribution in [0.2, 0.25) is 0 Å². The topological polar surface area (TPSA) is 133 Å². The number of aliphatic hydroxyl groups excluding tert-OH is 1. The number of alkyl carbamates (subject to hydrolysis) is 1. The summed E-state index contributed by atoms with van der Waals surface area (Å²) >= 11 is 0. The fourth-order valence-corrected chi connectivity index (χ4v) is 7.52. The molecule has 1 aliphatic carbocycles. The molecule has 1 unspecified atom stereocenters. The highest BCUT2D eigenvalue weighted by Gasteiger charge is 2.44. The van der Waals surface area contributed by atoms with Crippen molar-refractivity contribution in [3.8, 4) is 5.75 Å². The molecule has 1 amide bonds. The van der Waals surface area contributed by atoms with Crippen molar-refractivity contribution in [3.63, 3.8) is 0 Å². The minimum atomic E-state index is -4.21. The molecule has 5 atom stereocenters. The predicted octanol–water partition coefficient (Wildman–Crippen LogP) is 4.59. The monoisotopic (exact) mass is 666 g/mol. The maximum absolute atomic E-state index is 14.0. The molecule has 2 saturated heterocycles. The number of hydrogen-bond donors (Lipinski definition) is 2. The molecule has 3 aromatic rings. The average Bonchev–Trinajstić information content (AvgIpc) is 3.85. The number of nitrogens with zero attached hydrogens (tertiary/aromatic N) is 1. The highest BCUT2D eigenvalue weighted by Crippen LogP contribution is 2.33. The molecule has 47 heavy (non-hydrogen) atoms. The second-order valence-electron chi connectivity index (χ2n) is 12.2. The van der Waals surface area contributed by atoms with Gasteiger partial charge in [-0.3, -0.25) is 4.84 Å². The van der Waals surface area contributed by atoms with Crippen LogP contribution in [0.15, 0.2) is 89.8 Å². The normalized spacial score (nSPS) is 22.6. The summed E-state index contributed by atoms with van der Waals surface area (Å²) < 4.78 is 51.6. The molecule has 0 bridgehead atoms. The lowest BCUT2D eigenvalue weighted by atomic mass is 10.0. The van der Waals surface area contributed by atoms with Crippen LogP contribution in [0.4, 0.5) is 4.79 Å². The Labute approximate surface area is 275 Å². The van der Waals surface area contributed by atoms with E-state index in [0.29, 0.717) is 31.8 Å². The van der Waals surface area contributed by atoms with Crippen molar-refractivity contribution in [2.45, 2.75) is 80.7 Å². The molecule has 252 valence electrons. The van der Waals surface area contributed by atoms with Gasteiger partial charge in [0.25, 0.3) is 10.0 Å². The Morgan fingerprint density at radius 2 is 1.60 bits per heavy atom. The number of hydrogen-bond acceptors (Lipinski definition) is 9. The minimum Gasteiger partial charge on any atom is -0.489 e. The number of amides is 1. The number of nitrogens with one attached hydrogen (secondary N) is 1. The zero-order valence-electron chi connectivity index (χ0n) is 26.2. The fourth-order valence-electron chi connectivity index (χ4n) is 6.23. The molecular formula is C35H42N2O9S. The van der Waals surface area contributed by atoms with Gasteiger partial charge >= 0.3 is 6.09 Å². The van der Waals surface area contributed by atoms with E-state index >= 15 is 0 Å². The van der Waals surface area contributed by atoms with Crippen molar-refractivity contribution in [2.75, 3.05) is 19.8 Å². The van der Waals surface area contributed by atoms with Crippen molar-refractivity contribution >= 4 is 16.1 Å². The number of aliphatic hydroxyl groups is 1. The first-order valence-corrected chi connectivity index (χ1v) is 17.7. The summed E-state index contributed by atoms with van der Waals surface area (Å²) in [7, 11) is -4.21. The van der Waals surface area contributed by atoms with Crippen LogP contribution in [-0.2, 0) is 42.1 Å².